The maximum absolute atomic E-state index is 13.3. The van der Waals surface area contributed by atoms with Crippen LogP contribution in [-0.4, -0.2) is 17.4 Å². The van der Waals surface area contributed by atoms with Crippen LogP contribution in [0.5, 0.6) is 0 Å². The molecule has 0 spiro atoms. The van der Waals surface area contributed by atoms with Gasteiger partial charge in [0.15, 0.2) is 0 Å². The van der Waals surface area contributed by atoms with Gasteiger partial charge in [0.1, 0.15) is 11.6 Å². The van der Waals surface area contributed by atoms with Gasteiger partial charge in [-0.15, -0.1) is 0 Å². The van der Waals surface area contributed by atoms with Gasteiger partial charge in [0.25, 0.3) is 5.91 Å². The molecule has 0 aliphatic rings. The average Bonchev–Trinajstić information content (AvgIpc) is 2.98. The van der Waals surface area contributed by atoms with Gasteiger partial charge < -0.3 is 9.73 Å². The van der Waals surface area contributed by atoms with Crippen LogP contribution < -0.4 is 5.32 Å². The van der Waals surface area contributed by atoms with Crippen LogP contribution in [0.25, 0.3) is 11.5 Å². The van der Waals surface area contributed by atoms with E-state index in [1.54, 1.807) is 13.0 Å². The van der Waals surface area contributed by atoms with Crippen molar-refractivity contribution in [3.05, 3.63) is 76.9 Å². The molecule has 0 aliphatic heterocycles. The largest absolute Gasteiger partial charge is 0.441 e. The first-order chi connectivity index (χ1) is 12.0. The summed E-state index contributed by atoms with van der Waals surface area (Å²) in [4.78, 5) is 16.7. The zero-order valence-electron chi connectivity index (χ0n) is 14.2. The predicted molar refractivity (Wildman–Crippen MR) is 93.9 cm³/mol. The Labute approximate surface area is 145 Å². The number of aromatic nitrogens is 1. The normalized spacial score (nSPS) is 10.7. The number of halogens is 1. The highest BCUT2D eigenvalue weighted by Gasteiger charge is 2.13. The third-order valence-electron chi connectivity index (χ3n) is 4.01. The van der Waals surface area contributed by atoms with Crippen molar-refractivity contribution in [2.24, 2.45) is 0 Å². The molecule has 3 aromatic rings. The number of aryl methyl sites for hydroxylation is 2. The Bertz CT molecular complexity index is 888. The second-order valence-corrected chi connectivity index (χ2v) is 5.85. The van der Waals surface area contributed by atoms with E-state index in [0.717, 1.165) is 22.6 Å². The van der Waals surface area contributed by atoms with Gasteiger partial charge in [0, 0.05) is 24.1 Å². The summed E-state index contributed by atoms with van der Waals surface area (Å²) in [6, 6.07) is 13.8. The fourth-order valence-corrected chi connectivity index (χ4v) is 2.59. The SMILES string of the molecule is Cc1ccc(F)cc1C(=O)NCCc1nc(-c2ccccc2)oc1C. The number of carbonyl (C=O) groups excluding carboxylic acids is 1. The molecule has 1 N–H and O–H groups in total. The minimum Gasteiger partial charge on any atom is -0.441 e. The maximum atomic E-state index is 13.3. The Hall–Kier alpha value is -2.95. The zero-order chi connectivity index (χ0) is 17.8. The molecule has 5 heteroatoms. The van der Waals surface area contributed by atoms with Crippen LogP contribution in [0.15, 0.2) is 52.9 Å². The molecule has 3 rings (SSSR count). The molecule has 0 saturated carbocycles. The van der Waals surface area contributed by atoms with Gasteiger partial charge in [-0.25, -0.2) is 9.37 Å². The molecular formula is C20H19FN2O2. The molecule has 0 aliphatic carbocycles. The standard InChI is InChI=1S/C20H19FN2O2/c1-13-8-9-16(21)12-17(13)19(24)22-11-10-18-14(2)25-20(23-18)15-6-4-3-5-7-15/h3-9,12H,10-11H2,1-2H3,(H,22,24). The zero-order valence-corrected chi connectivity index (χ0v) is 14.2. The lowest BCUT2D eigenvalue weighted by molar-refractivity contribution is 0.0953. The number of hydrogen-bond acceptors (Lipinski definition) is 3. The first-order valence-electron chi connectivity index (χ1n) is 8.10. The van der Waals surface area contributed by atoms with Gasteiger partial charge in [0.2, 0.25) is 5.89 Å². The maximum Gasteiger partial charge on any atom is 0.251 e. The number of rotatable bonds is 5. The van der Waals surface area contributed by atoms with Crippen LogP contribution in [-0.2, 0) is 6.42 Å². The predicted octanol–water partition coefficient (Wildman–Crippen LogP) is 4.07. The lowest BCUT2D eigenvalue weighted by atomic mass is 10.1. The Balaban J connectivity index is 1.63. The van der Waals surface area contributed by atoms with Crippen molar-refractivity contribution in [2.45, 2.75) is 20.3 Å². The lowest BCUT2D eigenvalue weighted by Gasteiger charge is -2.07. The molecule has 4 nitrogen and oxygen atoms in total. The summed E-state index contributed by atoms with van der Waals surface area (Å²) in [5.74, 6) is 0.590. The number of carbonyl (C=O) groups is 1. The first-order valence-corrected chi connectivity index (χ1v) is 8.10. The molecule has 1 heterocycles. The second kappa shape index (κ2) is 7.30. The van der Waals surface area contributed by atoms with E-state index < -0.39 is 5.82 Å². The number of nitrogens with one attached hydrogen (secondary N) is 1. The fraction of sp³-hybridized carbons (Fsp3) is 0.200. The van der Waals surface area contributed by atoms with Crippen LogP contribution in [0, 0.1) is 19.7 Å². The van der Waals surface area contributed by atoms with Crippen molar-refractivity contribution in [3.63, 3.8) is 0 Å². The Morgan fingerprint density at radius 1 is 1.16 bits per heavy atom. The van der Waals surface area contributed by atoms with Gasteiger partial charge in [-0.05, 0) is 43.7 Å². The molecular weight excluding hydrogens is 319 g/mol. The Kier molecular flexibility index (Phi) is 4.93. The van der Waals surface area contributed by atoms with E-state index in [0.29, 0.717) is 24.4 Å². The average molecular weight is 338 g/mol. The van der Waals surface area contributed by atoms with Crippen LogP contribution in [0.2, 0.25) is 0 Å². The molecule has 0 fully saturated rings. The van der Waals surface area contributed by atoms with E-state index in [2.05, 4.69) is 10.3 Å². The molecule has 1 amide bonds. The number of benzene rings is 2. The van der Waals surface area contributed by atoms with Crippen molar-refractivity contribution in [1.29, 1.82) is 0 Å². The molecule has 0 radical (unpaired) electrons. The van der Waals surface area contributed by atoms with Gasteiger partial charge in [-0.1, -0.05) is 24.3 Å². The molecule has 2 aromatic carbocycles. The molecule has 25 heavy (non-hydrogen) atoms. The number of nitrogens with zero attached hydrogens (tertiary/aromatic N) is 1. The van der Waals surface area contributed by atoms with Crippen LogP contribution in [0.1, 0.15) is 27.4 Å². The van der Waals surface area contributed by atoms with Gasteiger partial charge in [-0.3, -0.25) is 4.79 Å². The molecule has 1 aromatic heterocycles. The van der Waals surface area contributed by atoms with E-state index in [9.17, 15) is 9.18 Å². The van der Waals surface area contributed by atoms with Crippen molar-refractivity contribution >= 4 is 5.91 Å². The first kappa shape index (κ1) is 16.9. The second-order valence-electron chi connectivity index (χ2n) is 5.85. The molecule has 0 unspecified atom stereocenters. The van der Waals surface area contributed by atoms with E-state index in [1.807, 2.05) is 37.3 Å². The van der Waals surface area contributed by atoms with E-state index in [4.69, 9.17) is 4.42 Å². The summed E-state index contributed by atoms with van der Waals surface area (Å²) in [5, 5.41) is 2.80. The molecule has 0 bridgehead atoms. The monoisotopic (exact) mass is 338 g/mol. The third-order valence-corrected chi connectivity index (χ3v) is 4.01. The summed E-state index contributed by atoms with van der Waals surface area (Å²) in [6.45, 7) is 4.03. The van der Waals surface area contributed by atoms with Crippen molar-refractivity contribution in [1.82, 2.24) is 10.3 Å². The summed E-state index contributed by atoms with van der Waals surface area (Å²) in [6.07, 6.45) is 0.544. The Morgan fingerprint density at radius 3 is 2.68 bits per heavy atom. The minimum absolute atomic E-state index is 0.290. The van der Waals surface area contributed by atoms with E-state index >= 15 is 0 Å². The van der Waals surface area contributed by atoms with Gasteiger partial charge >= 0.3 is 0 Å². The van der Waals surface area contributed by atoms with Crippen molar-refractivity contribution < 1.29 is 13.6 Å². The lowest BCUT2D eigenvalue weighted by Crippen LogP contribution is -2.26. The number of oxazole rings is 1. The van der Waals surface area contributed by atoms with Crippen LogP contribution in [0.3, 0.4) is 0 Å². The van der Waals surface area contributed by atoms with Crippen molar-refractivity contribution in [3.8, 4) is 11.5 Å². The highest BCUT2D eigenvalue weighted by atomic mass is 19.1. The third kappa shape index (κ3) is 3.94. The minimum atomic E-state index is -0.421. The summed E-state index contributed by atoms with van der Waals surface area (Å²) in [5.41, 5.74) is 2.80. The summed E-state index contributed by atoms with van der Waals surface area (Å²) >= 11 is 0. The van der Waals surface area contributed by atoms with Gasteiger partial charge in [-0.2, -0.15) is 0 Å². The topological polar surface area (TPSA) is 55.1 Å². The number of hydrogen-bond donors (Lipinski definition) is 1. The number of amides is 1. The summed E-state index contributed by atoms with van der Waals surface area (Å²) in [7, 11) is 0. The van der Waals surface area contributed by atoms with Gasteiger partial charge in [0.05, 0.1) is 5.69 Å². The highest BCUT2D eigenvalue weighted by molar-refractivity contribution is 5.95. The quantitative estimate of drug-likeness (QED) is 0.763. The van der Waals surface area contributed by atoms with Crippen LogP contribution in [0.4, 0.5) is 4.39 Å². The highest BCUT2D eigenvalue weighted by Crippen LogP contribution is 2.21. The van der Waals surface area contributed by atoms with E-state index in [-0.39, 0.29) is 5.91 Å². The Morgan fingerprint density at radius 2 is 1.92 bits per heavy atom. The molecule has 0 saturated heterocycles. The molecule has 128 valence electrons. The smallest absolute Gasteiger partial charge is 0.251 e. The fourth-order valence-electron chi connectivity index (χ4n) is 2.59. The van der Waals surface area contributed by atoms with Crippen molar-refractivity contribution in [2.75, 3.05) is 6.54 Å². The van der Waals surface area contributed by atoms with E-state index in [1.165, 1.54) is 12.1 Å². The van der Waals surface area contributed by atoms with Crippen LogP contribution >= 0.6 is 0 Å². The summed E-state index contributed by atoms with van der Waals surface area (Å²) < 4.78 is 19.0. The molecule has 0 atom stereocenters.